The molecule has 8 heteroatoms. The van der Waals surface area contributed by atoms with Crippen LogP contribution in [-0.4, -0.2) is 31.6 Å². The maximum absolute atomic E-state index is 12.2. The van der Waals surface area contributed by atoms with E-state index in [1.54, 1.807) is 22.5 Å². The molecule has 1 atom stereocenters. The summed E-state index contributed by atoms with van der Waals surface area (Å²) in [5.74, 6) is 0.135. The normalized spacial score (nSPS) is 12.0. The SMILES string of the molecule is C[C@@H](Oc1nn(-c2ccccc2)cc1Br)C(=O)NCc1ccn(C)n1. The lowest BCUT2D eigenvalue weighted by Crippen LogP contribution is -2.36. The average molecular weight is 404 g/mol. The summed E-state index contributed by atoms with van der Waals surface area (Å²) in [5.41, 5.74) is 1.70. The van der Waals surface area contributed by atoms with Crippen molar-refractivity contribution < 1.29 is 9.53 Å². The van der Waals surface area contributed by atoms with Gasteiger partial charge in [-0.3, -0.25) is 9.48 Å². The number of nitrogens with zero attached hydrogens (tertiary/aromatic N) is 4. The van der Waals surface area contributed by atoms with Crippen molar-refractivity contribution in [2.75, 3.05) is 0 Å². The minimum Gasteiger partial charge on any atom is -0.463 e. The summed E-state index contributed by atoms with van der Waals surface area (Å²) >= 11 is 3.42. The lowest BCUT2D eigenvalue weighted by molar-refractivity contribution is -0.127. The van der Waals surface area contributed by atoms with Crippen LogP contribution in [0, 0.1) is 0 Å². The lowest BCUT2D eigenvalue weighted by atomic mass is 10.3. The number of rotatable bonds is 6. The van der Waals surface area contributed by atoms with Crippen LogP contribution in [0.2, 0.25) is 0 Å². The van der Waals surface area contributed by atoms with Crippen LogP contribution < -0.4 is 10.1 Å². The first kappa shape index (κ1) is 17.2. The Bertz CT molecular complexity index is 859. The van der Waals surface area contributed by atoms with Crippen LogP contribution in [0.25, 0.3) is 5.69 Å². The Balaban J connectivity index is 1.61. The molecule has 2 heterocycles. The third-order valence-corrected chi connectivity index (χ3v) is 4.07. The third kappa shape index (κ3) is 4.27. The highest BCUT2D eigenvalue weighted by Crippen LogP contribution is 2.25. The maximum atomic E-state index is 12.2. The monoisotopic (exact) mass is 403 g/mol. The van der Waals surface area contributed by atoms with Gasteiger partial charge in [-0.25, -0.2) is 4.68 Å². The van der Waals surface area contributed by atoms with Crippen molar-refractivity contribution >= 4 is 21.8 Å². The van der Waals surface area contributed by atoms with Crippen LogP contribution in [0.3, 0.4) is 0 Å². The molecule has 0 radical (unpaired) electrons. The van der Waals surface area contributed by atoms with Gasteiger partial charge in [0.2, 0.25) is 5.88 Å². The van der Waals surface area contributed by atoms with Crippen LogP contribution in [0.1, 0.15) is 12.6 Å². The van der Waals surface area contributed by atoms with Crippen molar-refractivity contribution in [1.29, 1.82) is 0 Å². The van der Waals surface area contributed by atoms with Gasteiger partial charge in [-0.1, -0.05) is 18.2 Å². The van der Waals surface area contributed by atoms with Crippen LogP contribution in [0.4, 0.5) is 0 Å². The number of benzene rings is 1. The molecule has 25 heavy (non-hydrogen) atoms. The van der Waals surface area contributed by atoms with E-state index in [0.29, 0.717) is 16.9 Å². The molecule has 0 aliphatic heterocycles. The molecule has 0 unspecified atom stereocenters. The number of carbonyl (C=O) groups excluding carboxylic acids is 1. The highest BCUT2D eigenvalue weighted by atomic mass is 79.9. The lowest BCUT2D eigenvalue weighted by Gasteiger charge is -2.12. The van der Waals surface area contributed by atoms with Gasteiger partial charge in [-0.2, -0.15) is 5.10 Å². The molecule has 3 aromatic rings. The van der Waals surface area contributed by atoms with Crippen molar-refractivity contribution in [2.45, 2.75) is 19.6 Å². The number of halogens is 1. The van der Waals surface area contributed by atoms with Gasteiger partial charge < -0.3 is 10.1 Å². The van der Waals surface area contributed by atoms with Crippen molar-refractivity contribution in [3.8, 4) is 11.6 Å². The van der Waals surface area contributed by atoms with E-state index in [4.69, 9.17) is 4.74 Å². The second kappa shape index (κ2) is 7.52. The molecule has 1 amide bonds. The first-order valence-corrected chi connectivity index (χ1v) is 8.55. The van der Waals surface area contributed by atoms with Gasteiger partial charge in [0.05, 0.1) is 22.4 Å². The Morgan fingerprint density at radius 1 is 1.28 bits per heavy atom. The summed E-state index contributed by atoms with van der Waals surface area (Å²) in [6, 6.07) is 11.5. The molecule has 7 nitrogen and oxygen atoms in total. The molecule has 0 aliphatic rings. The molecule has 0 spiro atoms. The van der Waals surface area contributed by atoms with Gasteiger partial charge in [-0.15, -0.1) is 5.10 Å². The van der Waals surface area contributed by atoms with Crippen molar-refractivity contribution in [2.24, 2.45) is 7.05 Å². The summed E-state index contributed by atoms with van der Waals surface area (Å²) in [5, 5.41) is 11.4. The van der Waals surface area contributed by atoms with E-state index in [-0.39, 0.29) is 5.91 Å². The maximum Gasteiger partial charge on any atom is 0.261 e. The van der Waals surface area contributed by atoms with Crippen molar-refractivity contribution in [1.82, 2.24) is 24.9 Å². The highest BCUT2D eigenvalue weighted by molar-refractivity contribution is 9.10. The average Bonchev–Trinajstić information content (AvgIpc) is 3.19. The molecule has 2 aromatic heterocycles. The molecule has 130 valence electrons. The van der Waals surface area contributed by atoms with E-state index in [9.17, 15) is 4.79 Å². The summed E-state index contributed by atoms with van der Waals surface area (Å²) in [7, 11) is 1.83. The molecule has 0 fully saturated rings. The number of hydrogen-bond donors (Lipinski definition) is 1. The summed E-state index contributed by atoms with van der Waals surface area (Å²) in [6.07, 6.45) is 2.94. The van der Waals surface area contributed by atoms with Gasteiger partial charge >= 0.3 is 0 Å². The molecule has 1 N–H and O–H groups in total. The molecular weight excluding hydrogens is 386 g/mol. The van der Waals surface area contributed by atoms with Gasteiger partial charge in [0, 0.05) is 19.4 Å². The number of aromatic nitrogens is 4. The number of hydrogen-bond acceptors (Lipinski definition) is 4. The van der Waals surface area contributed by atoms with E-state index < -0.39 is 6.10 Å². The zero-order valence-corrected chi connectivity index (χ0v) is 15.5. The van der Waals surface area contributed by atoms with E-state index in [0.717, 1.165) is 11.4 Å². The molecule has 0 bridgehead atoms. The van der Waals surface area contributed by atoms with Crippen LogP contribution in [0.5, 0.6) is 5.88 Å². The van der Waals surface area contributed by atoms with Crippen LogP contribution in [0.15, 0.2) is 53.3 Å². The number of ether oxygens (including phenoxy) is 1. The highest BCUT2D eigenvalue weighted by Gasteiger charge is 2.18. The molecule has 3 rings (SSSR count). The predicted octanol–water partition coefficient (Wildman–Crippen LogP) is 2.45. The largest absolute Gasteiger partial charge is 0.463 e. The zero-order chi connectivity index (χ0) is 17.8. The summed E-state index contributed by atoms with van der Waals surface area (Å²) in [4.78, 5) is 12.2. The van der Waals surface area contributed by atoms with Crippen LogP contribution >= 0.6 is 15.9 Å². The third-order valence-electron chi connectivity index (χ3n) is 3.53. The molecule has 1 aromatic carbocycles. The second-order valence-electron chi connectivity index (χ2n) is 5.52. The smallest absolute Gasteiger partial charge is 0.261 e. The quantitative estimate of drug-likeness (QED) is 0.685. The second-order valence-corrected chi connectivity index (χ2v) is 6.38. The molecular formula is C17H18BrN5O2. The fourth-order valence-electron chi connectivity index (χ4n) is 2.23. The Morgan fingerprint density at radius 3 is 2.72 bits per heavy atom. The molecule has 0 saturated carbocycles. The standard InChI is InChI=1S/C17H18BrN5O2/c1-12(16(24)19-10-13-8-9-22(2)20-13)25-17-15(18)11-23(21-17)14-6-4-3-5-7-14/h3-9,11-12H,10H2,1-2H3,(H,19,24)/t12-/m1/s1. The Kier molecular flexibility index (Phi) is 5.18. The Labute approximate surface area is 153 Å². The first-order valence-electron chi connectivity index (χ1n) is 7.76. The zero-order valence-electron chi connectivity index (χ0n) is 13.9. The first-order chi connectivity index (χ1) is 12.0. The van der Waals surface area contributed by atoms with Gasteiger partial charge in [-0.05, 0) is 41.1 Å². The van der Waals surface area contributed by atoms with E-state index >= 15 is 0 Å². The van der Waals surface area contributed by atoms with Crippen molar-refractivity contribution in [3.63, 3.8) is 0 Å². The molecule has 0 aliphatic carbocycles. The Hall–Kier alpha value is -2.61. The predicted molar refractivity (Wildman–Crippen MR) is 96.4 cm³/mol. The van der Waals surface area contributed by atoms with Crippen molar-refractivity contribution in [3.05, 3.63) is 59.0 Å². The van der Waals surface area contributed by atoms with Gasteiger partial charge in [0.15, 0.2) is 6.10 Å². The minimum absolute atomic E-state index is 0.230. The number of carbonyl (C=O) groups is 1. The van der Waals surface area contributed by atoms with E-state index in [1.807, 2.05) is 49.6 Å². The Morgan fingerprint density at radius 2 is 2.04 bits per heavy atom. The number of aryl methyl sites for hydroxylation is 1. The number of para-hydroxylation sites is 1. The summed E-state index contributed by atoms with van der Waals surface area (Å²) < 4.78 is 9.75. The summed E-state index contributed by atoms with van der Waals surface area (Å²) in [6.45, 7) is 2.04. The van der Waals surface area contributed by atoms with E-state index in [2.05, 4.69) is 31.4 Å². The fourth-order valence-corrected chi connectivity index (χ4v) is 2.60. The molecule has 0 saturated heterocycles. The number of nitrogens with one attached hydrogen (secondary N) is 1. The minimum atomic E-state index is -0.681. The van der Waals surface area contributed by atoms with E-state index in [1.165, 1.54) is 0 Å². The van der Waals surface area contributed by atoms with Gasteiger partial charge in [0.1, 0.15) is 0 Å². The van der Waals surface area contributed by atoms with Crippen LogP contribution in [-0.2, 0) is 18.4 Å². The fraction of sp³-hybridized carbons (Fsp3) is 0.235. The number of amides is 1. The topological polar surface area (TPSA) is 74.0 Å². The van der Waals surface area contributed by atoms with Gasteiger partial charge in [0.25, 0.3) is 5.91 Å².